The highest BCUT2D eigenvalue weighted by atomic mass is 16.5. The van der Waals surface area contributed by atoms with Crippen molar-refractivity contribution in [1.29, 1.82) is 0 Å². The van der Waals surface area contributed by atoms with E-state index in [2.05, 4.69) is 20.8 Å². The Balaban J connectivity index is 2.28. The Bertz CT molecular complexity index is 514. The summed E-state index contributed by atoms with van der Waals surface area (Å²) >= 11 is 0. The normalized spacial score (nSPS) is 18.4. The molecule has 0 aliphatic heterocycles. The zero-order valence-corrected chi connectivity index (χ0v) is 13.6. The second-order valence-corrected chi connectivity index (χ2v) is 6.74. The van der Waals surface area contributed by atoms with E-state index in [1.165, 1.54) is 11.3 Å². The van der Waals surface area contributed by atoms with Crippen LogP contribution >= 0.6 is 0 Å². The van der Waals surface area contributed by atoms with Crippen LogP contribution in [0.15, 0.2) is 0 Å². The molecule has 0 bridgehead atoms. The quantitative estimate of drug-likeness (QED) is 0.866. The maximum atomic E-state index is 11.6. The number of nitrogens with two attached hydrogens (primary N) is 1. The first kappa shape index (κ1) is 16.0. The molecular formula is C16H27N3O2. The fourth-order valence-electron chi connectivity index (χ4n) is 2.97. The highest BCUT2D eigenvalue weighted by molar-refractivity contribution is 5.69. The number of hydrogen-bond acceptors (Lipinski definition) is 4. The minimum Gasteiger partial charge on any atom is -0.466 e. The summed E-state index contributed by atoms with van der Waals surface area (Å²) in [6.07, 6.45) is 3.46. The van der Waals surface area contributed by atoms with Crippen molar-refractivity contribution in [3.63, 3.8) is 0 Å². The number of aromatic nitrogens is 2. The molecule has 1 aliphatic carbocycles. The molecule has 1 aliphatic rings. The number of hydrogen-bond donors (Lipinski definition) is 1. The Morgan fingerprint density at radius 1 is 1.48 bits per heavy atom. The number of esters is 1. The highest BCUT2D eigenvalue weighted by Gasteiger charge is 2.31. The van der Waals surface area contributed by atoms with Crippen molar-refractivity contribution in [2.24, 2.45) is 5.73 Å². The molecular weight excluding hydrogens is 266 g/mol. The molecule has 5 nitrogen and oxygen atoms in total. The number of nitrogens with zero attached hydrogens (tertiary/aromatic N) is 2. The van der Waals surface area contributed by atoms with Gasteiger partial charge in [0.1, 0.15) is 0 Å². The van der Waals surface area contributed by atoms with Gasteiger partial charge in [-0.3, -0.25) is 9.48 Å². The Labute approximate surface area is 126 Å². The van der Waals surface area contributed by atoms with Crippen LogP contribution < -0.4 is 5.73 Å². The second kappa shape index (κ2) is 6.18. The average Bonchev–Trinajstić information content (AvgIpc) is 2.77. The Morgan fingerprint density at radius 3 is 2.81 bits per heavy atom. The fourth-order valence-corrected chi connectivity index (χ4v) is 2.97. The third kappa shape index (κ3) is 3.46. The number of carbonyl (C=O) groups excluding carboxylic acids is 1. The molecule has 5 heteroatoms. The molecule has 1 heterocycles. The van der Waals surface area contributed by atoms with Crippen LogP contribution in [0.3, 0.4) is 0 Å². The molecule has 2 rings (SSSR count). The van der Waals surface area contributed by atoms with Crippen molar-refractivity contribution in [2.75, 3.05) is 6.61 Å². The van der Waals surface area contributed by atoms with Crippen LogP contribution in [0.5, 0.6) is 0 Å². The average molecular weight is 293 g/mol. The monoisotopic (exact) mass is 293 g/mol. The second-order valence-electron chi connectivity index (χ2n) is 6.74. The number of ether oxygens (including phenoxy) is 1. The summed E-state index contributed by atoms with van der Waals surface area (Å²) in [5, 5.41) is 4.77. The largest absolute Gasteiger partial charge is 0.466 e. The van der Waals surface area contributed by atoms with E-state index in [1.54, 1.807) is 0 Å². The van der Waals surface area contributed by atoms with Crippen LogP contribution in [0, 0.1) is 0 Å². The van der Waals surface area contributed by atoms with E-state index in [9.17, 15) is 4.79 Å². The molecule has 0 spiro atoms. The maximum Gasteiger partial charge on any atom is 0.307 e. The minimum atomic E-state index is -0.167. The third-order valence-electron chi connectivity index (χ3n) is 3.94. The van der Waals surface area contributed by atoms with Gasteiger partial charge < -0.3 is 10.5 Å². The first-order chi connectivity index (χ1) is 9.84. The summed E-state index contributed by atoms with van der Waals surface area (Å²) in [6, 6.07) is 0.0688. The first-order valence-corrected chi connectivity index (χ1v) is 7.85. The van der Waals surface area contributed by atoms with Gasteiger partial charge in [-0.1, -0.05) is 20.8 Å². The number of carbonyl (C=O) groups is 1. The molecule has 1 atom stereocenters. The standard InChI is InChI=1S/C16H27N3O2/c1-5-21-13(20)9-10-19-12-8-6-7-11(17)14(12)15(18-19)16(2,3)4/h11H,5-10,17H2,1-4H3. The maximum absolute atomic E-state index is 11.6. The van der Waals surface area contributed by atoms with Crippen LogP contribution in [0.1, 0.15) is 70.0 Å². The molecule has 0 saturated heterocycles. The first-order valence-electron chi connectivity index (χ1n) is 7.85. The van der Waals surface area contributed by atoms with Crippen LogP contribution in [0.4, 0.5) is 0 Å². The Hall–Kier alpha value is -1.36. The topological polar surface area (TPSA) is 70.1 Å². The SMILES string of the molecule is CCOC(=O)CCn1nc(C(C)(C)C)c2c1CCCC2N. The smallest absolute Gasteiger partial charge is 0.307 e. The van der Waals surface area contributed by atoms with Gasteiger partial charge in [0.05, 0.1) is 25.3 Å². The van der Waals surface area contributed by atoms with Crippen molar-refractivity contribution in [3.8, 4) is 0 Å². The van der Waals surface area contributed by atoms with E-state index in [4.69, 9.17) is 15.6 Å². The lowest BCUT2D eigenvalue weighted by atomic mass is 9.82. The van der Waals surface area contributed by atoms with Crippen LogP contribution in [0.25, 0.3) is 0 Å². The highest BCUT2D eigenvalue weighted by Crippen LogP contribution is 2.36. The molecule has 1 aromatic heterocycles. The molecule has 0 fully saturated rings. The molecule has 1 aromatic rings. The summed E-state index contributed by atoms with van der Waals surface area (Å²) < 4.78 is 6.98. The van der Waals surface area contributed by atoms with Crippen LogP contribution in [-0.2, 0) is 27.9 Å². The van der Waals surface area contributed by atoms with E-state index in [0.717, 1.165) is 25.0 Å². The van der Waals surface area contributed by atoms with Gasteiger partial charge in [-0.25, -0.2) is 0 Å². The molecule has 2 N–H and O–H groups in total. The Morgan fingerprint density at radius 2 is 2.19 bits per heavy atom. The van der Waals surface area contributed by atoms with Gasteiger partial charge in [-0.2, -0.15) is 5.10 Å². The summed E-state index contributed by atoms with van der Waals surface area (Å²) in [5.74, 6) is -0.167. The third-order valence-corrected chi connectivity index (χ3v) is 3.94. The minimum absolute atomic E-state index is 0.0335. The van der Waals surface area contributed by atoms with Crippen molar-refractivity contribution in [2.45, 2.75) is 71.4 Å². The molecule has 118 valence electrons. The van der Waals surface area contributed by atoms with Crippen molar-refractivity contribution >= 4 is 5.97 Å². The lowest BCUT2D eigenvalue weighted by Gasteiger charge is -2.24. The van der Waals surface area contributed by atoms with Gasteiger partial charge in [-0.05, 0) is 26.2 Å². The zero-order chi connectivity index (χ0) is 15.6. The predicted octanol–water partition coefficient (Wildman–Crippen LogP) is 2.47. The van der Waals surface area contributed by atoms with E-state index < -0.39 is 0 Å². The van der Waals surface area contributed by atoms with E-state index in [0.29, 0.717) is 19.6 Å². The summed E-state index contributed by atoms with van der Waals surface area (Å²) in [5.41, 5.74) is 9.78. The van der Waals surface area contributed by atoms with Gasteiger partial charge >= 0.3 is 5.97 Å². The van der Waals surface area contributed by atoms with Crippen LogP contribution in [-0.4, -0.2) is 22.4 Å². The molecule has 1 unspecified atom stereocenters. The van der Waals surface area contributed by atoms with E-state index >= 15 is 0 Å². The summed E-state index contributed by atoms with van der Waals surface area (Å²) in [6.45, 7) is 9.30. The van der Waals surface area contributed by atoms with Crippen molar-refractivity contribution in [1.82, 2.24) is 9.78 Å². The van der Waals surface area contributed by atoms with Gasteiger partial charge in [-0.15, -0.1) is 0 Å². The molecule has 0 amide bonds. The van der Waals surface area contributed by atoms with Crippen molar-refractivity contribution in [3.05, 3.63) is 17.0 Å². The summed E-state index contributed by atoms with van der Waals surface area (Å²) in [4.78, 5) is 11.6. The fraction of sp³-hybridized carbons (Fsp3) is 0.750. The van der Waals surface area contributed by atoms with Gasteiger partial charge in [0, 0.05) is 22.7 Å². The van der Waals surface area contributed by atoms with Crippen molar-refractivity contribution < 1.29 is 9.53 Å². The summed E-state index contributed by atoms with van der Waals surface area (Å²) in [7, 11) is 0. The van der Waals surface area contributed by atoms with Gasteiger partial charge in [0.25, 0.3) is 0 Å². The number of rotatable bonds is 4. The lowest BCUT2D eigenvalue weighted by Crippen LogP contribution is -2.22. The number of fused-ring (bicyclic) bond motifs is 1. The molecule has 0 radical (unpaired) electrons. The van der Waals surface area contributed by atoms with Gasteiger partial charge in [0.15, 0.2) is 0 Å². The Kier molecular flexibility index (Phi) is 4.71. The van der Waals surface area contributed by atoms with Crippen LogP contribution in [0.2, 0.25) is 0 Å². The van der Waals surface area contributed by atoms with E-state index in [-0.39, 0.29) is 17.4 Å². The zero-order valence-electron chi connectivity index (χ0n) is 13.6. The number of aryl methyl sites for hydroxylation is 1. The lowest BCUT2D eigenvalue weighted by molar-refractivity contribution is -0.143. The van der Waals surface area contributed by atoms with Gasteiger partial charge in [0.2, 0.25) is 0 Å². The molecule has 21 heavy (non-hydrogen) atoms. The molecule has 0 saturated carbocycles. The predicted molar refractivity (Wildman–Crippen MR) is 82.0 cm³/mol. The molecule has 0 aromatic carbocycles. The van der Waals surface area contributed by atoms with E-state index in [1.807, 2.05) is 11.6 Å².